The van der Waals surface area contributed by atoms with Gasteiger partial charge in [-0.15, -0.1) is 0 Å². The lowest BCUT2D eigenvalue weighted by atomic mass is 9.87. The van der Waals surface area contributed by atoms with Crippen molar-refractivity contribution in [2.75, 3.05) is 19.6 Å². The fourth-order valence-electron chi connectivity index (χ4n) is 4.52. The number of hydrogen-bond donors (Lipinski definition) is 2. The van der Waals surface area contributed by atoms with Gasteiger partial charge >= 0.3 is 0 Å². The van der Waals surface area contributed by atoms with Gasteiger partial charge in [-0.05, 0) is 38.6 Å². The van der Waals surface area contributed by atoms with Crippen LogP contribution in [0.25, 0.3) is 0 Å². The Morgan fingerprint density at radius 2 is 1.78 bits per heavy atom. The van der Waals surface area contributed by atoms with Crippen molar-refractivity contribution in [3.63, 3.8) is 0 Å². The fourth-order valence-corrected chi connectivity index (χ4v) is 4.52. The maximum absolute atomic E-state index is 6.19. The molecule has 2 saturated heterocycles. The fraction of sp³-hybridized carbons (Fsp3) is 1.00. The number of hydrogen-bond acceptors (Lipinski definition) is 3. The molecule has 0 spiro atoms. The maximum Gasteiger partial charge on any atom is 0.0475 e. The average Bonchev–Trinajstić information content (AvgIpc) is 2.88. The summed E-state index contributed by atoms with van der Waals surface area (Å²) in [6.07, 6.45) is 12.4. The second-order valence-corrected chi connectivity index (χ2v) is 6.64. The van der Waals surface area contributed by atoms with E-state index in [9.17, 15) is 0 Å². The van der Waals surface area contributed by atoms with Gasteiger partial charge in [-0.1, -0.05) is 25.7 Å². The first-order chi connectivity index (χ1) is 8.84. The number of nitrogens with two attached hydrogens (primary N) is 1. The maximum atomic E-state index is 6.19. The summed E-state index contributed by atoms with van der Waals surface area (Å²) in [5.74, 6) is 0. The van der Waals surface area contributed by atoms with E-state index in [0.29, 0.717) is 0 Å². The minimum absolute atomic E-state index is 0.242. The molecule has 104 valence electrons. The Kier molecular flexibility index (Phi) is 3.92. The minimum atomic E-state index is 0.242. The van der Waals surface area contributed by atoms with Gasteiger partial charge in [0, 0.05) is 30.7 Å². The molecule has 0 aromatic rings. The van der Waals surface area contributed by atoms with Gasteiger partial charge in [0.1, 0.15) is 0 Å². The van der Waals surface area contributed by atoms with Gasteiger partial charge in [-0.25, -0.2) is 0 Å². The third kappa shape index (κ3) is 2.33. The molecule has 3 N–H and O–H groups in total. The van der Waals surface area contributed by atoms with E-state index < -0.39 is 0 Å². The number of rotatable bonds is 3. The van der Waals surface area contributed by atoms with Crippen LogP contribution in [0.4, 0.5) is 0 Å². The number of nitrogens with one attached hydrogen (secondary N) is 1. The quantitative estimate of drug-likeness (QED) is 0.752. The van der Waals surface area contributed by atoms with E-state index in [1.807, 2.05) is 0 Å². The standard InChI is InChI=1S/C15H29N3/c16-12-15(9-11-18-10-5-8-14(15)18)17-13-6-3-1-2-4-7-13/h13-14,17H,1-12,16H2. The highest BCUT2D eigenvalue weighted by molar-refractivity contribution is 5.09. The van der Waals surface area contributed by atoms with E-state index >= 15 is 0 Å². The van der Waals surface area contributed by atoms with Gasteiger partial charge in [0.25, 0.3) is 0 Å². The molecule has 0 radical (unpaired) electrons. The van der Waals surface area contributed by atoms with E-state index in [1.54, 1.807) is 0 Å². The van der Waals surface area contributed by atoms with Gasteiger partial charge in [0.15, 0.2) is 0 Å². The third-order valence-corrected chi connectivity index (χ3v) is 5.56. The van der Waals surface area contributed by atoms with Crippen LogP contribution in [-0.4, -0.2) is 42.2 Å². The van der Waals surface area contributed by atoms with Gasteiger partial charge < -0.3 is 11.1 Å². The molecule has 2 aliphatic heterocycles. The summed E-state index contributed by atoms with van der Waals surface area (Å²) in [4.78, 5) is 2.68. The van der Waals surface area contributed by atoms with Gasteiger partial charge in [0.2, 0.25) is 0 Å². The number of fused-ring (bicyclic) bond motifs is 1. The zero-order valence-corrected chi connectivity index (χ0v) is 11.7. The van der Waals surface area contributed by atoms with Crippen molar-refractivity contribution < 1.29 is 0 Å². The predicted octanol–water partition coefficient (Wildman–Crippen LogP) is 1.86. The monoisotopic (exact) mass is 251 g/mol. The van der Waals surface area contributed by atoms with Crippen LogP contribution in [0.5, 0.6) is 0 Å². The minimum Gasteiger partial charge on any atom is -0.329 e. The second-order valence-electron chi connectivity index (χ2n) is 6.64. The summed E-state index contributed by atoms with van der Waals surface area (Å²) in [6.45, 7) is 3.39. The van der Waals surface area contributed by atoms with Crippen LogP contribution >= 0.6 is 0 Å². The molecular formula is C15H29N3. The molecule has 3 heteroatoms. The topological polar surface area (TPSA) is 41.3 Å². The lowest BCUT2D eigenvalue weighted by Crippen LogP contribution is -2.60. The Bertz CT molecular complexity index is 273. The van der Waals surface area contributed by atoms with E-state index in [4.69, 9.17) is 5.73 Å². The first-order valence-electron chi connectivity index (χ1n) is 8.06. The molecule has 0 aromatic heterocycles. The lowest BCUT2D eigenvalue weighted by Gasteiger charge is -2.38. The molecule has 3 nitrogen and oxygen atoms in total. The van der Waals surface area contributed by atoms with Crippen molar-refractivity contribution in [2.24, 2.45) is 5.73 Å². The van der Waals surface area contributed by atoms with Crippen LogP contribution in [0.15, 0.2) is 0 Å². The summed E-state index contributed by atoms with van der Waals surface area (Å²) in [6, 6.07) is 1.46. The normalized spacial score (nSPS) is 38.8. The lowest BCUT2D eigenvalue weighted by molar-refractivity contribution is 0.204. The van der Waals surface area contributed by atoms with Crippen LogP contribution in [0, 0.1) is 0 Å². The van der Waals surface area contributed by atoms with Crippen LogP contribution in [0.3, 0.4) is 0 Å². The van der Waals surface area contributed by atoms with Gasteiger partial charge in [-0.2, -0.15) is 0 Å². The summed E-state index contributed by atoms with van der Waals surface area (Å²) < 4.78 is 0. The van der Waals surface area contributed by atoms with E-state index in [0.717, 1.165) is 18.6 Å². The molecule has 2 unspecified atom stereocenters. The highest BCUT2D eigenvalue weighted by atomic mass is 15.3. The Hall–Kier alpha value is -0.120. The zero-order valence-electron chi connectivity index (χ0n) is 11.7. The van der Waals surface area contributed by atoms with Crippen molar-refractivity contribution in [1.29, 1.82) is 0 Å². The number of nitrogens with zero attached hydrogens (tertiary/aromatic N) is 1. The van der Waals surface area contributed by atoms with Crippen molar-refractivity contribution in [3.05, 3.63) is 0 Å². The first-order valence-corrected chi connectivity index (χ1v) is 8.06. The van der Waals surface area contributed by atoms with Crippen molar-refractivity contribution in [1.82, 2.24) is 10.2 Å². The largest absolute Gasteiger partial charge is 0.329 e. The first kappa shape index (κ1) is 12.9. The molecule has 3 aliphatic rings. The van der Waals surface area contributed by atoms with E-state index in [-0.39, 0.29) is 5.54 Å². The Balaban J connectivity index is 1.67. The molecule has 18 heavy (non-hydrogen) atoms. The van der Waals surface area contributed by atoms with Crippen molar-refractivity contribution in [3.8, 4) is 0 Å². The predicted molar refractivity (Wildman–Crippen MR) is 75.6 cm³/mol. The van der Waals surface area contributed by atoms with Crippen molar-refractivity contribution in [2.45, 2.75) is 75.4 Å². The zero-order chi connectivity index (χ0) is 12.4. The highest BCUT2D eigenvalue weighted by Gasteiger charge is 2.48. The van der Waals surface area contributed by atoms with E-state index in [1.165, 1.54) is 70.9 Å². The molecule has 1 aliphatic carbocycles. The molecule has 1 saturated carbocycles. The molecular weight excluding hydrogens is 222 g/mol. The summed E-state index contributed by atoms with van der Waals surface area (Å²) >= 11 is 0. The second kappa shape index (κ2) is 5.48. The van der Waals surface area contributed by atoms with Crippen LogP contribution in [0.2, 0.25) is 0 Å². The van der Waals surface area contributed by atoms with Crippen LogP contribution in [0.1, 0.15) is 57.8 Å². The van der Waals surface area contributed by atoms with Crippen LogP contribution < -0.4 is 11.1 Å². The highest BCUT2D eigenvalue weighted by Crippen LogP contribution is 2.36. The van der Waals surface area contributed by atoms with Crippen molar-refractivity contribution >= 4 is 0 Å². The SMILES string of the molecule is NCC1(NC2CCCCCC2)CCN2CCCC21. The molecule has 2 heterocycles. The summed E-state index contributed by atoms with van der Waals surface area (Å²) in [7, 11) is 0. The third-order valence-electron chi connectivity index (χ3n) is 5.56. The Morgan fingerprint density at radius 1 is 1.00 bits per heavy atom. The average molecular weight is 251 g/mol. The molecule has 3 rings (SSSR count). The summed E-state index contributed by atoms with van der Waals surface area (Å²) in [5.41, 5.74) is 6.43. The molecule has 0 bridgehead atoms. The summed E-state index contributed by atoms with van der Waals surface area (Å²) in [5, 5.41) is 4.03. The Labute approximate surface area is 111 Å². The molecule has 0 amide bonds. The molecule has 2 atom stereocenters. The Morgan fingerprint density at radius 3 is 2.50 bits per heavy atom. The van der Waals surface area contributed by atoms with Gasteiger partial charge in [-0.3, -0.25) is 4.90 Å². The van der Waals surface area contributed by atoms with Gasteiger partial charge in [0.05, 0.1) is 0 Å². The smallest absolute Gasteiger partial charge is 0.0475 e. The molecule has 0 aromatic carbocycles. The molecule has 3 fully saturated rings. The van der Waals surface area contributed by atoms with E-state index in [2.05, 4.69) is 10.2 Å². The van der Waals surface area contributed by atoms with Crippen LogP contribution in [-0.2, 0) is 0 Å².